The molecule has 0 heterocycles. The van der Waals surface area contributed by atoms with Gasteiger partial charge in [0.25, 0.3) is 0 Å². The molecule has 3 heteroatoms. The second kappa shape index (κ2) is 6.87. The fourth-order valence-electron chi connectivity index (χ4n) is 2.21. The molecule has 3 nitrogen and oxygen atoms in total. The van der Waals surface area contributed by atoms with Crippen LogP contribution in [-0.4, -0.2) is 23.5 Å². The smallest absolute Gasteiger partial charge is 0.180 e. The van der Waals surface area contributed by atoms with Crippen molar-refractivity contribution in [1.29, 1.82) is 0 Å². The van der Waals surface area contributed by atoms with Gasteiger partial charge in [-0.1, -0.05) is 49.4 Å². The molecule has 0 radical (unpaired) electrons. The monoisotopic (exact) mass is 269 g/mol. The SMILES string of the molecule is CCNC(Cc1ccccc1)C(=O)c1cccc(O)c1. The highest BCUT2D eigenvalue weighted by Gasteiger charge is 2.19. The zero-order valence-electron chi connectivity index (χ0n) is 11.5. The summed E-state index contributed by atoms with van der Waals surface area (Å²) < 4.78 is 0. The largest absolute Gasteiger partial charge is 0.508 e. The van der Waals surface area contributed by atoms with Gasteiger partial charge in [0.1, 0.15) is 5.75 Å². The van der Waals surface area contributed by atoms with E-state index >= 15 is 0 Å². The molecule has 0 spiro atoms. The summed E-state index contributed by atoms with van der Waals surface area (Å²) in [4.78, 5) is 12.5. The first-order chi connectivity index (χ1) is 9.70. The number of phenols is 1. The Labute approximate surface area is 119 Å². The molecule has 0 saturated heterocycles. The Morgan fingerprint density at radius 3 is 2.55 bits per heavy atom. The lowest BCUT2D eigenvalue weighted by Crippen LogP contribution is -2.38. The van der Waals surface area contributed by atoms with Gasteiger partial charge in [-0.15, -0.1) is 0 Å². The van der Waals surface area contributed by atoms with Crippen molar-refractivity contribution in [1.82, 2.24) is 5.32 Å². The third-order valence-corrected chi connectivity index (χ3v) is 3.18. The standard InChI is InChI=1S/C17H19NO2/c1-2-18-16(11-13-7-4-3-5-8-13)17(20)14-9-6-10-15(19)12-14/h3-10,12,16,18-19H,2,11H2,1H3. The normalized spacial score (nSPS) is 12.1. The summed E-state index contributed by atoms with van der Waals surface area (Å²) in [7, 11) is 0. The van der Waals surface area contributed by atoms with Gasteiger partial charge >= 0.3 is 0 Å². The van der Waals surface area contributed by atoms with E-state index in [0.29, 0.717) is 12.0 Å². The van der Waals surface area contributed by atoms with Crippen molar-refractivity contribution in [2.75, 3.05) is 6.54 Å². The van der Waals surface area contributed by atoms with Crippen LogP contribution in [0.4, 0.5) is 0 Å². The van der Waals surface area contributed by atoms with Gasteiger partial charge in [0.15, 0.2) is 5.78 Å². The topological polar surface area (TPSA) is 49.3 Å². The molecular weight excluding hydrogens is 250 g/mol. The van der Waals surface area contributed by atoms with Crippen molar-refractivity contribution in [2.45, 2.75) is 19.4 Å². The molecule has 2 rings (SSSR count). The highest BCUT2D eigenvalue weighted by molar-refractivity contribution is 6.00. The predicted molar refractivity (Wildman–Crippen MR) is 80.0 cm³/mol. The van der Waals surface area contributed by atoms with Crippen molar-refractivity contribution in [3.63, 3.8) is 0 Å². The van der Waals surface area contributed by atoms with Gasteiger partial charge in [0.05, 0.1) is 6.04 Å². The van der Waals surface area contributed by atoms with E-state index in [1.54, 1.807) is 18.2 Å². The molecule has 0 saturated carbocycles. The Kier molecular flexibility index (Phi) is 4.91. The summed E-state index contributed by atoms with van der Waals surface area (Å²) in [6, 6.07) is 16.2. The number of hydrogen-bond donors (Lipinski definition) is 2. The molecule has 0 bridgehead atoms. The zero-order valence-corrected chi connectivity index (χ0v) is 11.5. The molecule has 20 heavy (non-hydrogen) atoms. The average Bonchev–Trinajstić information content (AvgIpc) is 2.47. The van der Waals surface area contributed by atoms with Crippen LogP contribution >= 0.6 is 0 Å². The summed E-state index contributed by atoms with van der Waals surface area (Å²) in [5, 5.41) is 12.7. The predicted octanol–water partition coefficient (Wildman–Crippen LogP) is 2.80. The number of aromatic hydroxyl groups is 1. The van der Waals surface area contributed by atoms with Gasteiger partial charge < -0.3 is 10.4 Å². The molecule has 0 aliphatic heterocycles. The molecule has 0 aromatic heterocycles. The van der Waals surface area contributed by atoms with Gasteiger partial charge in [-0.3, -0.25) is 4.79 Å². The molecule has 2 N–H and O–H groups in total. The number of rotatable bonds is 6. The number of Topliss-reactive ketones (excluding diaryl/α,β-unsaturated/α-hetero) is 1. The third-order valence-electron chi connectivity index (χ3n) is 3.18. The minimum atomic E-state index is -0.274. The van der Waals surface area contributed by atoms with Crippen LogP contribution in [0.1, 0.15) is 22.8 Å². The summed E-state index contributed by atoms with van der Waals surface area (Å²) in [5.74, 6) is 0.123. The number of hydrogen-bond acceptors (Lipinski definition) is 3. The van der Waals surface area contributed by atoms with Gasteiger partial charge in [0, 0.05) is 5.56 Å². The molecule has 1 unspecified atom stereocenters. The number of ketones is 1. The zero-order chi connectivity index (χ0) is 14.4. The average molecular weight is 269 g/mol. The number of phenolic OH excluding ortho intramolecular Hbond substituents is 1. The summed E-state index contributed by atoms with van der Waals surface area (Å²) >= 11 is 0. The first-order valence-corrected chi connectivity index (χ1v) is 6.81. The molecule has 1 atom stereocenters. The minimum Gasteiger partial charge on any atom is -0.508 e. The van der Waals surface area contributed by atoms with Crippen molar-refractivity contribution >= 4 is 5.78 Å². The van der Waals surface area contributed by atoms with E-state index in [-0.39, 0.29) is 17.6 Å². The fraction of sp³-hybridized carbons (Fsp3) is 0.235. The molecule has 2 aromatic rings. The van der Waals surface area contributed by atoms with E-state index in [4.69, 9.17) is 0 Å². The van der Waals surface area contributed by atoms with Gasteiger partial charge in [-0.05, 0) is 30.7 Å². The molecule has 0 amide bonds. The van der Waals surface area contributed by atoms with E-state index < -0.39 is 0 Å². The van der Waals surface area contributed by atoms with Crippen molar-refractivity contribution in [3.8, 4) is 5.75 Å². The van der Waals surface area contributed by atoms with Crippen LogP contribution in [0, 0.1) is 0 Å². The van der Waals surface area contributed by atoms with Crippen LogP contribution in [-0.2, 0) is 6.42 Å². The van der Waals surface area contributed by atoms with Crippen LogP contribution in [0.25, 0.3) is 0 Å². The highest BCUT2D eigenvalue weighted by atomic mass is 16.3. The second-order valence-electron chi connectivity index (χ2n) is 4.71. The highest BCUT2D eigenvalue weighted by Crippen LogP contribution is 2.14. The van der Waals surface area contributed by atoms with E-state index in [1.165, 1.54) is 6.07 Å². The third kappa shape index (κ3) is 3.68. The lowest BCUT2D eigenvalue weighted by Gasteiger charge is -2.17. The lowest BCUT2D eigenvalue weighted by atomic mass is 9.97. The number of nitrogens with one attached hydrogen (secondary N) is 1. The lowest BCUT2D eigenvalue weighted by molar-refractivity contribution is 0.0943. The first-order valence-electron chi connectivity index (χ1n) is 6.81. The minimum absolute atomic E-state index is 0.00611. The Balaban J connectivity index is 2.18. The van der Waals surface area contributed by atoms with E-state index in [0.717, 1.165) is 12.1 Å². The second-order valence-corrected chi connectivity index (χ2v) is 4.71. The van der Waals surface area contributed by atoms with Crippen molar-refractivity contribution in [2.24, 2.45) is 0 Å². The van der Waals surface area contributed by atoms with Crippen LogP contribution in [0.15, 0.2) is 54.6 Å². The van der Waals surface area contributed by atoms with Crippen molar-refractivity contribution < 1.29 is 9.90 Å². The van der Waals surface area contributed by atoms with E-state index in [9.17, 15) is 9.90 Å². The van der Waals surface area contributed by atoms with Gasteiger partial charge in [-0.25, -0.2) is 0 Å². The van der Waals surface area contributed by atoms with Crippen LogP contribution in [0.2, 0.25) is 0 Å². The maximum Gasteiger partial charge on any atom is 0.180 e. The summed E-state index contributed by atoms with van der Waals surface area (Å²) in [5.41, 5.74) is 1.65. The number of benzene rings is 2. The van der Waals surface area contributed by atoms with Crippen LogP contribution in [0.5, 0.6) is 5.75 Å². The van der Waals surface area contributed by atoms with Gasteiger partial charge in [0.2, 0.25) is 0 Å². The van der Waals surface area contributed by atoms with Crippen molar-refractivity contribution in [3.05, 3.63) is 65.7 Å². The molecule has 0 aliphatic carbocycles. The summed E-state index contributed by atoms with van der Waals surface area (Å²) in [6.07, 6.45) is 0.642. The Hall–Kier alpha value is -2.13. The molecule has 2 aromatic carbocycles. The van der Waals surface area contributed by atoms with Gasteiger partial charge in [-0.2, -0.15) is 0 Å². The first kappa shape index (κ1) is 14.3. The molecule has 0 fully saturated rings. The molecule has 104 valence electrons. The van der Waals surface area contributed by atoms with Crippen LogP contribution in [0.3, 0.4) is 0 Å². The number of carbonyl (C=O) groups is 1. The van der Waals surface area contributed by atoms with E-state index in [2.05, 4.69) is 5.32 Å². The Morgan fingerprint density at radius 1 is 1.15 bits per heavy atom. The fourth-order valence-corrected chi connectivity index (χ4v) is 2.21. The molecular formula is C17H19NO2. The van der Waals surface area contributed by atoms with E-state index in [1.807, 2.05) is 37.3 Å². The quantitative estimate of drug-likeness (QED) is 0.793. The summed E-state index contributed by atoms with van der Waals surface area (Å²) in [6.45, 7) is 2.70. The molecule has 0 aliphatic rings. The van der Waals surface area contributed by atoms with Crippen LogP contribution < -0.4 is 5.32 Å². The Morgan fingerprint density at radius 2 is 1.90 bits per heavy atom. The number of likely N-dealkylation sites (N-methyl/N-ethyl adjacent to an activating group) is 1. The maximum absolute atomic E-state index is 12.5. The Bertz CT molecular complexity index is 566. The maximum atomic E-state index is 12.5. The number of carbonyl (C=O) groups excluding carboxylic acids is 1.